The summed E-state index contributed by atoms with van der Waals surface area (Å²) in [6.07, 6.45) is 0.974. The van der Waals surface area contributed by atoms with Gasteiger partial charge in [0.2, 0.25) is 0 Å². The van der Waals surface area contributed by atoms with Crippen LogP contribution in [0.15, 0.2) is 0 Å². The van der Waals surface area contributed by atoms with Crippen LogP contribution >= 0.6 is 0 Å². The fourth-order valence-electron chi connectivity index (χ4n) is 1.58. The lowest BCUT2D eigenvalue weighted by Gasteiger charge is -2.26. The van der Waals surface area contributed by atoms with Crippen molar-refractivity contribution < 1.29 is 9.90 Å². The predicted molar refractivity (Wildman–Crippen MR) is 54.6 cm³/mol. The van der Waals surface area contributed by atoms with Crippen LogP contribution in [0, 0.1) is 39.4 Å². The highest BCUT2D eigenvalue weighted by atomic mass is 16.4. The lowest BCUT2D eigenvalue weighted by molar-refractivity contribution is -0.150. The van der Waals surface area contributed by atoms with Crippen LogP contribution < -0.4 is 0 Å². The molecule has 1 N–H and O–H groups in total. The van der Waals surface area contributed by atoms with E-state index in [1.807, 2.05) is 18.2 Å². The topological polar surface area (TPSA) is 109 Å². The van der Waals surface area contributed by atoms with Gasteiger partial charge in [-0.2, -0.15) is 15.8 Å². The molecule has 5 heteroatoms. The molecule has 0 atom stereocenters. The summed E-state index contributed by atoms with van der Waals surface area (Å²) in [5.74, 6) is -1.02. The summed E-state index contributed by atoms with van der Waals surface area (Å²) in [6.45, 7) is 0. The molecular formula is C11H13N3O2. The number of carboxylic acid groups (broad SMARTS) is 1. The van der Waals surface area contributed by atoms with Crippen molar-refractivity contribution in [3.63, 3.8) is 0 Å². The zero-order valence-electron chi connectivity index (χ0n) is 8.94. The molecule has 84 valence electrons. The molecular weight excluding hydrogens is 206 g/mol. The smallest absolute Gasteiger partial charge is 0.309 e. The van der Waals surface area contributed by atoms with Gasteiger partial charge >= 0.3 is 5.97 Å². The van der Waals surface area contributed by atoms with Gasteiger partial charge < -0.3 is 5.11 Å². The standard InChI is InChI=1S/C11H13N3O2/c12-7-1-4-11(10(15)16,5-2-8-13)6-3-9-14/h1-6H2,(H,15,16). The summed E-state index contributed by atoms with van der Waals surface area (Å²) < 4.78 is 0. The van der Waals surface area contributed by atoms with Crippen LogP contribution in [0.2, 0.25) is 0 Å². The van der Waals surface area contributed by atoms with Crippen LogP contribution in [0.4, 0.5) is 0 Å². The van der Waals surface area contributed by atoms with Gasteiger partial charge in [-0.3, -0.25) is 4.79 Å². The molecule has 0 radical (unpaired) electrons. The van der Waals surface area contributed by atoms with Crippen molar-refractivity contribution in [2.24, 2.45) is 5.41 Å². The van der Waals surface area contributed by atoms with E-state index in [-0.39, 0.29) is 38.5 Å². The van der Waals surface area contributed by atoms with Gasteiger partial charge in [-0.25, -0.2) is 0 Å². The van der Waals surface area contributed by atoms with Crippen molar-refractivity contribution in [3.05, 3.63) is 0 Å². The minimum atomic E-state index is -1.10. The van der Waals surface area contributed by atoms with Gasteiger partial charge in [0.05, 0.1) is 23.6 Å². The number of aliphatic carboxylic acids is 1. The van der Waals surface area contributed by atoms with Crippen molar-refractivity contribution >= 4 is 5.97 Å². The molecule has 0 aromatic carbocycles. The molecule has 0 spiro atoms. The molecule has 0 amide bonds. The number of nitriles is 3. The van der Waals surface area contributed by atoms with Gasteiger partial charge in [0, 0.05) is 19.3 Å². The van der Waals surface area contributed by atoms with Crippen molar-refractivity contribution in [1.29, 1.82) is 15.8 Å². The number of rotatable bonds is 7. The van der Waals surface area contributed by atoms with Gasteiger partial charge in [0.1, 0.15) is 0 Å². The van der Waals surface area contributed by atoms with E-state index in [4.69, 9.17) is 15.8 Å². The Morgan fingerprint density at radius 1 is 0.938 bits per heavy atom. The SMILES string of the molecule is N#CCCC(CCC#N)(CCC#N)C(=O)O. The Balaban J connectivity index is 4.77. The van der Waals surface area contributed by atoms with Gasteiger partial charge in [0.25, 0.3) is 0 Å². The molecule has 0 aromatic heterocycles. The highest BCUT2D eigenvalue weighted by Gasteiger charge is 2.37. The van der Waals surface area contributed by atoms with Crippen LogP contribution in [0.5, 0.6) is 0 Å². The Morgan fingerprint density at radius 2 is 1.25 bits per heavy atom. The van der Waals surface area contributed by atoms with Crippen LogP contribution in [-0.4, -0.2) is 11.1 Å². The summed E-state index contributed by atoms with van der Waals surface area (Å²) in [4.78, 5) is 11.2. The fourth-order valence-corrected chi connectivity index (χ4v) is 1.58. The molecule has 0 aliphatic rings. The minimum Gasteiger partial charge on any atom is -0.481 e. The third kappa shape index (κ3) is 3.98. The Labute approximate surface area is 94.5 Å². The monoisotopic (exact) mass is 219 g/mol. The first-order valence-corrected chi connectivity index (χ1v) is 4.97. The predicted octanol–water partition coefficient (Wildman–Crippen LogP) is 1.97. The summed E-state index contributed by atoms with van der Waals surface area (Å²) in [7, 11) is 0. The Kier molecular flexibility index (Phi) is 6.33. The zero-order valence-corrected chi connectivity index (χ0v) is 8.94. The van der Waals surface area contributed by atoms with Crippen molar-refractivity contribution in [2.75, 3.05) is 0 Å². The summed E-state index contributed by atoms with van der Waals surface area (Å²) >= 11 is 0. The second-order valence-corrected chi connectivity index (χ2v) is 3.56. The van der Waals surface area contributed by atoms with Gasteiger partial charge in [0.15, 0.2) is 0 Å². The van der Waals surface area contributed by atoms with Crippen LogP contribution in [-0.2, 0) is 4.79 Å². The lowest BCUT2D eigenvalue weighted by Crippen LogP contribution is -2.31. The van der Waals surface area contributed by atoms with E-state index in [0.717, 1.165) is 0 Å². The molecule has 0 heterocycles. The van der Waals surface area contributed by atoms with Crippen molar-refractivity contribution in [2.45, 2.75) is 38.5 Å². The molecule has 0 unspecified atom stereocenters. The molecule has 0 fully saturated rings. The van der Waals surface area contributed by atoms with E-state index < -0.39 is 11.4 Å². The molecule has 0 aromatic rings. The van der Waals surface area contributed by atoms with Crippen LogP contribution in [0.1, 0.15) is 38.5 Å². The average molecular weight is 219 g/mol. The molecule has 16 heavy (non-hydrogen) atoms. The quantitative estimate of drug-likeness (QED) is 0.703. The first kappa shape index (κ1) is 13.9. The van der Waals surface area contributed by atoms with Crippen LogP contribution in [0.3, 0.4) is 0 Å². The Hall–Kier alpha value is -2.06. The Morgan fingerprint density at radius 3 is 1.44 bits per heavy atom. The highest BCUT2D eigenvalue weighted by Crippen LogP contribution is 2.35. The maximum atomic E-state index is 11.2. The second kappa shape index (κ2) is 7.26. The van der Waals surface area contributed by atoms with E-state index >= 15 is 0 Å². The number of carboxylic acids is 1. The van der Waals surface area contributed by atoms with Crippen LogP contribution in [0.25, 0.3) is 0 Å². The highest BCUT2D eigenvalue weighted by molar-refractivity contribution is 5.74. The van der Waals surface area contributed by atoms with E-state index in [0.29, 0.717) is 0 Å². The molecule has 0 aliphatic carbocycles. The number of carbonyl (C=O) groups is 1. The third-order valence-corrected chi connectivity index (χ3v) is 2.60. The largest absolute Gasteiger partial charge is 0.481 e. The molecule has 0 aliphatic heterocycles. The maximum absolute atomic E-state index is 11.2. The van der Waals surface area contributed by atoms with Crippen molar-refractivity contribution in [3.8, 4) is 18.2 Å². The molecule has 0 rings (SSSR count). The fraction of sp³-hybridized carbons (Fsp3) is 0.636. The molecule has 5 nitrogen and oxygen atoms in total. The van der Waals surface area contributed by atoms with Gasteiger partial charge in [-0.15, -0.1) is 0 Å². The van der Waals surface area contributed by atoms with E-state index in [2.05, 4.69) is 0 Å². The minimum absolute atomic E-state index is 0.128. The zero-order chi connectivity index (χ0) is 12.4. The second-order valence-electron chi connectivity index (χ2n) is 3.56. The first-order valence-electron chi connectivity index (χ1n) is 4.97. The van der Waals surface area contributed by atoms with E-state index in [1.165, 1.54) is 0 Å². The maximum Gasteiger partial charge on any atom is 0.309 e. The summed E-state index contributed by atoms with van der Waals surface area (Å²) in [6, 6.07) is 5.70. The van der Waals surface area contributed by atoms with E-state index in [1.54, 1.807) is 0 Å². The number of nitrogens with zero attached hydrogens (tertiary/aromatic N) is 3. The van der Waals surface area contributed by atoms with E-state index in [9.17, 15) is 9.90 Å². The normalized spacial score (nSPS) is 9.81. The molecule has 0 saturated heterocycles. The Bertz CT molecular complexity index is 311. The van der Waals surface area contributed by atoms with Gasteiger partial charge in [-0.05, 0) is 19.3 Å². The third-order valence-electron chi connectivity index (χ3n) is 2.60. The molecule has 0 bridgehead atoms. The summed E-state index contributed by atoms with van der Waals surface area (Å²) in [5.41, 5.74) is -1.10. The number of hydrogen-bond acceptors (Lipinski definition) is 4. The summed E-state index contributed by atoms with van der Waals surface area (Å²) in [5, 5.41) is 34.6. The molecule has 0 saturated carbocycles. The average Bonchev–Trinajstić information content (AvgIpc) is 2.28. The van der Waals surface area contributed by atoms with Gasteiger partial charge in [-0.1, -0.05) is 0 Å². The van der Waals surface area contributed by atoms with Crippen molar-refractivity contribution in [1.82, 2.24) is 0 Å². The lowest BCUT2D eigenvalue weighted by atomic mass is 9.75. The number of hydrogen-bond donors (Lipinski definition) is 1. The first-order chi connectivity index (χ1) is 7.63.